The first kappa shape index (κ1) is 12.6. The van der Waals surface area contributed by atoms with Crippen molar-refractivity contribution in [3.63, 3.8) is 0 Å². The van der Waals surface area contributed by atoms with Crippen LogP contribution in [0.25, 0.3) is 0 Å². The van der Waals surface area contributed by atoms with Gasteiger partial charge < -0.3 is 10.2 Å². The first-order valence-electron chi connectivity index (χ1n) is 6.59. The minimum Gasteiger partial charge on any atom is -0.314 e. The molecule has 3 aliphatic rings. The van der Waals surface area contributed by atoms with Gasteiger partial charge in [0.15, 0.2) is 0 Å². The summed E-state index contributed by atoms with van der Waals surface area (Å²) >= 11 is 0. The van der Waals surface area contributed by atoms with Crippen molar-refractivity contribution in [2.75, 3.05) is 45.8 Å². The van der Waals surface area contributed by atoms with E-state index in [9.17, 15) is 0 Å². The number of halogens is 1. The third kappa shape index (κ3) is 3.10. The number of hydrogen-bond acceptors (Lipinski definition) is 3. The van der Waals surface area contributed by atoms with E-state index in [4.69, 9.17) is 0 Å². The lowest BCUT2D eigenvalue weighted by Gasteiger charge is -2.32. The molecule has 1 saturated carbocycles. The summed E-state index contributed by atoms with van der Waals surface area (Å²) in [6.07, 6.45) is 4.40. The number of likely N-dealkylation sites (tertiary alicyclic amines) is 1. The minimum atomic E-state index is 0. The first-order chi connectivity index (χ1) is 7.42. The molecule has 1 unspecified atom stereocenters. The van der Waals surface area contributed by atoms with E-state index in [1.54, 1.807) is 0 Å². The van der Waals surface area contributed by atoms with Crippen LogP contribution in [-0.4, -0.2) is 61.7 Å². The lowest BCUT2D eigenvalue weighted by Crippen LogP contribution is -2.49. The maximum Gasteiger partial charge on any atom is 0.0236 e. The lowest BCUT2D eigenvalue weighted by atomic mass is 10.2. The molecule has 2 saturated heterocycles. The summed E-state index contributed by atoms with van der Waals surface area (Å²) in [6.45, 7) is 9.01. The van der Waals surface area contributed by atoms with Crippen molar-refractivity contribution in [1.29, 1.82) is 0 Å². The highest BCUT2D eigenvalue weighted by atomic mass is 35.5. The average Bonchev–Trinajstić information content (AvgIpc) is 2.96. The zero-order valence-electron chi connectivity index (χ0n) is 10.0. The van der Waals surface area contributed by atoms with Gasteiger partial charge in [-0.05, 0) is 31.7 Å². The van der Waals surface area contributed by atoms with Crippen LogP contribution in [0.15, 0.2) is 0 Å². The van der Waals surface area contributed by atoms with E-state index in [0.29, 0.717) is 0 Å². The van der Waals surface area contributed by atoms with Crippen molar-refractivity contribution < 1.29 is 0 Å². The Kier molecular flexibility index (Phi) is 4.48. The Balaban J connectivity index is 0.000000963. The van der Waals surface area contributed by atoms with Crippen LogP contribution in [0.2, 0.25) is 0 Å². The van der Waals surface area contributed by atoms with Crippen LogP contribution in [0.4, 0.5) is 0 Å². The van der Waals surface area contributed by atoms with Crippen molar-refractivity contribution in [3.8, 4) is 0 Å². The maximum absolute atomic E-state index is 3.44. The van der Waals surface area contributed by atoms with E-state index in [-0.39, 0.29) is 12.4 Å². The highest BCUT2D eigenvalue weighted by molar-refractivity contribution is 5.85. The Labute approximate surface area is 105 Å². The molecule has 0 amide bonds. The Morgan fingerprint density at radius 1 is 1.00 bits per heavy atom. The van der Waals surface area contributed by atoms with E-state index in [2.05, 4.69) is 15.1 Å². The second kappa shape index (κ2) is 5.67. The predicted molar refractivity (Wildman–Crippen MR) is 69.3 cm³/mol. The molecule has 16 heavy (non-hydrogen) atoms. The van der Waals surface area contributed by atoms with Gasteiger partial charge in [0.1, 0.15) is 0 Å². The van der Waals surface area contributed by atoms with Crippen LogP contribution < -0.4 is 5.32 Å². The van der Waals surface area contributed by atoms with Gasteiger partial charge in [0.05, 0.1) is 0 Å². The van der Waals surface area contributed by atoms with Crippen molar-refractivity contribution in [2.24, 2.45) is 5.92 Å². The third-order valence-electron chi connectivity index (χ3n) is 4.13. The molecule has 3 nitrogen and oxygen atoms in total. The smallest absolute Gasteiger partial charge is 0.0236 e. The summed E-state index contributed by atoms with van der Waals surface area (Å²) in [5.74, 6) is 1.06. The zero-order valence-corrected chi connectivity index (χ0v) is 10.8. The molecule has 94 valence electrons. The highest BCUT2D eigenvalue weighted by Gasteiger charge is 2.31. The summed E-state index contributed by atoms with van der Waals surface area (Å²) in [6, 6.07) is 0.867. The summed E-state index contributed by atoms with van der Waals surface area (Å²) in [5, 5.41) is 3.44. The largest absolute Gasteiger partial charge is 0.314 e. The van der Waals surface area contributed by atoms with E-state index < -0.39 is 0 Å². The first-order valence-corrected chi connectivity index (χ1v) is 6.59. The second-order valence-electron chi connectivity index (χ2n) is 5.43. The molecule has 1 N–H and O–H groups in total. The maximum atomic E-state index is 3.44. The lowest BCUT2D eigenvalue weighted by molar-refractivity contribution is 0.170. The Bertz CT molecular complexity index is 214. The second-order valence-corrected chi connectivity index (χ2v) is 5.43. The van der Waals surface area contributed by atoms with Crippen LogP contribution in [0.3, 0.4) is 0 Å². The Morgan fingerprint density at radius 2 is 1.75 bits per heavy atom. The van der Waals surface area contributed by atoms with Gasteiger partial charge >= 0.3 is 0 Å². The molecular weight excluding hydrogens is 222 g/mol. The van der Waals surface area contributed by atoms with Gasteiger partial charge in [0.2, 0.25) is 0 Å². The third-order valence-corrected chi connectivity index (χ3v) is 4.13. The van der Waals surface area contributed by atoms with E-state index in [1.807, 2.05) is 0 Å². The molecule has 2 heterocycles. The van der Waals surface area contributed by atoms with Gasteiger partial charge in [-0.15, -0.1) is 12.4 Å². The van der Waals surface area contributed by atoms with Gasteiger partial charge in [-0.1, -0.05) is 0 Å². The molecule has 0 aromatic carbocycles. The molecule has 3 rings (SSSR count). The van der Waals surface area contributed by atoms with Crippen molar-refractivity contribution in [1.82, 2.24) is 15.1 Å². The van der Waals surface area contributed by atoms with Crippen molar-refractivity contribution in [3.05, 3.63) is 0 Å². The molecule has 0 bridgehead atoms. The normalized spacial score (nSPS) is 32.6. The molecular formula is C12H24ClN3. The van der Waals surface area contributed by atoms with Crippen LogP contribution in [0.1, 0.15) is 19.3 Å². The molecule has 0 aromatic rings. The number of rotatable bonds is 3. The molecule has 1 aliphatic carbocycles. The van der Waals surface area contributed by atoms with Crippen LogP contribution >= 0.6 is 12.4 Å². The molecule has 2 aliphatic heterocycles. The minimum absolute atomic E-state index is 0. The van der Waals surface area contributed by atoms with Crippen LogP contribution in [0, 0.1) is 5.92 Å². The van der Waals surface area contributed by atoms with Gasteiger partial charge in [-0.2, -0.15) is 0 Å². The van der Waals surface area contributed by atoms with Gasteiger partial charge in [-0.3, -0.25) is 4.90 Å². The fraction of sp³-hybridized carbons (Fsp3) is 1.00. The fourth-order valence-electron chi connectivity index (χ4n) is 2.99. The van der Waals surface area contributed by atoms with E-state index in [0.717, 1.165) is 12.0 Å². The zero-order chi connectivity index (χ0) is 10.1. The fourth-order valence-corrected chi connectivity index (χ4v) is 2.99. The quantitative estimate of drug-likeness (QED) is 0.794. The molecule has 0 spiro atoms. The van der Waals surface area contributed by atoms with Crippen molar-refractivity contribution >= 4 is 12.4 Å². The Hall–Kier alpha value is 0.170. The summed E-state index contributed by atoms with van der Waals surface area (Å²) < 4.78 is 0. The molecule has 0 radical (unpaired) electrons. The SMILES string of the molecule is C1CN(C2CCN(CC3CC3)C2)CCN1.Cl. The van der Waals surface area contributed by atoms with Crippen LogP contribution in [-0.2, 0) is 0 Å². The topological polar surface area (TPSA) is 18.5 Å². The highest BCUT2D eigenvalue weighted by Crippen LogP contribution is 2.31. The van der Waals surface area contributed by atoms with E-state index >= 15 is 0 Å². The van der Waals surface area contributed by atoms with Gasteiger partial charge in [0, 0.05) is 45.3 Å². The summed E-state index contributed by atoms with van der Waals surface area (Å²) in [4.78, 5) is 5.40. The Morgan fingerprint density at radius 3 is 2.44 bits per heavy atom. The number of nitrogens with zero attached hydrogens (tertiary/aromatic N) is 2. The standard InChI is InChI=1S/C12H23N3.ClH/c1-2-11(1)9-14-6-3-12(10-14)15-7-4-13-5-8-15;/h11-13H,1-10H2;1H. The summed E-state index contributed by atoms with van der Waals surface area (Å²) in [7, 11) is 0. The molecule has 4 heteroatoms. The molecule has 1 atom stereocenters. The predicted octanol–water partition coefficient (Wildman–Crippen LogP) is 0.798. The molecule has 3 fully saturated rings. The number of hydrogen-bond donors (Lipinski definition) is 1. The molecule has 0 aromatic heterocycles. The van der Waals surface area contributed by atoms with Gasteiger partial charge in [0.25, 0.3) is 0 Å². The van der Waals surface area contributed by atoms with Gasteiger partial charge in [-0.25, -0.2) is 0 Å². The average molecular weight is 246 g/mol. The van der Waals surface area contributed by atoms with E-state index in [1.165, 1.54) is 65.1 Å². The number of piperazine rings is 1. The van der Waals surface area contributed by atoms with Crippen LogP contribution in [0.5, 0.6) is 0 Å². The monoisotopic (exact) mass is 245 g/mol. The number of nitrogens with one attached hydrogen (secondary N) is 1. The van der Waals surface area contributed by atoms with Crippen molar-refractivity contribution in [2.45, 2.75) is 25.3 Å². The summed E-state index contributed by atoms with van der Waals surface area (Å²) in [5.41, 5.74) is 0.